The van der Waals surface area contributed by atoms with Crippen molar-refractivity contribution in [2.45, 2.75) is 13.8 Å². The Bertz CT molecular complexity index is 655. The lowest BCUT2D eigenvalue weighted by molar-refractivity contribution is 0.141. The van der Waals surface area contributed by atoms with E-state index in [2.05, 4.69) is 33.3 Å². The molecule has 24 heavy (non-hydrogen) atoms. The van der Waals surface area contributed by atoms with Gasteiger partial charge in [-0.1, -0.05) is 13.8 Å². The molecule has 2 rings (SSSR count). The summed E-state index contributed by atoms with van der Waals surface area (Å²) in [6, 6.07) is 1.08. The van der Waals surface area contributed by atoms with Crippen molar-refractivity contribution in [2.75, 3.05) is 38.0 Å². The fraction of sp³-hybridized carbons (Fsp3) is 0.538. The van der Waals surface area contributed by atoms with E-state index in [0.717, 1.165) is 24.3 Å². The van der Waals surface area contributed by atoms with Crippen molar-refractivity contribution >= 4 is 28.9 Å². The molecule has 1 aromatic heterocycles. The fourth-order valence-corrected chi connectivity index (χ4v) is 2.56. The summed E-state index contributed by atoms with van der Waals surface area (Å²) in [6.07, 6.45) is 0.217. The summed E-state index contributed by atoms with van der Waals surface area (Å²) in [7, 11) is -3.29. The van der Waals surface area contributed by atoms with Gasteiger partial charge in [0.25, 0.3) is 0 Å². The highest BCUT2D eigenvalue weighted by molar-refractivity contribution is 7.67. The van der Waals surface area contributed by atoms with Crippen LogP contribution in [-0.4, -0.2) is 72.8 Å². The lowest BCUT2D eigenvalue weighted by Crippen LogP contribution is -2.50. The summed E-state index contributed by atoms with van der Waals surface area (Å²) < 4.78 is 25.6. The molecule has 0 spiro atoms. The number of hydrogen-bond donors (Lipinski definition) is 2. The second-order valence-electron chi connectivity index (χ2n) is 5.63. The molecule has 1 fully saturated rings. The Morgan fingerprint density at radius 1 is 1.25 bits per heavy atom. The Morgan fingerprint density at radius 3 is 2.50 bits per heavy atom. The monoisotopic (exact) mass is 358 g/mol. The van der Waals surface area contributed by atoms with Gasteiger partial charge in [0, 0.05) is 45.0 Å². The number of thiol groups is 1. The first kappa shape index (κ1) is 18.2. The molecular weight excluding hydrogens is 338 g/mol. The van der Waals surface area contributed by atoms with Gasteiger partial charge < -0.3 is 9.08 Å². The van der Waals surface area contributed by atoms with Crippen LogP contribution in [0.1, 0.15) is 13.8 Å². The summed E-state index contributed by atoms with van der Waals surface area (Å²) in [5.41, 5.74) is 0. The van der Waals surface area contributed by atoms with Crippen molar-refractivity contribution in [2.24, 2.45) is 0 Å². The lowest BCUT2D eigenvalue weighted by atomic mass is 10.2. The molecule has 1 aliphatic rings. The standard InChI is InChI=1S/C13H20N5O5S/c1-10(2)9-16-5-7-17(8-6-16)13(20)18-4-3-11(15-18)14-12(19)23-24(21)22/h3-4,24H,5-9H2,1-2H3,(H,14,15,19). The van der Waals surface area contributed by atoms with E-state index in [4.69, 9.17) is 0 Å². The number of hydrogen-bond acceptors (Lipinski definition) is 7. The van der Waals surface area contributed by atoms with Crippen LogP contribution in [0.25, 0.3) is 0 Å². The van der Waals surface area contributed by atoms with Crippen molar-refractivity contribution in [3.05, 3.63) is 18.2 Å². The number of carbonyl (C=O) groups is 2. The van der Waals surface area contributed by atoms with Crippen LogP contribution >= 0.6 is 0 Å². The second kappa shape index (κ2) is 8.11. The van der Waals surface area contributed by atoms with Gasteiger partial charge >= 0.3 is 23.1 Å². The zero-order valence-corrected chi connectivity index (χ0v) is 14.4. The lowest BCUT2D eigenvalue weighted by Gasteiger charge is -2.35. The van der Waals surface area contributed by atoms with Crippen LogP contribution in [0.2, 0.25) is 0 Å². The maximum absolute atomic E-state index is 12.4. The summed E-state index contributed by atoms with van der Waals surface area (Å²) in [5, 5.41) is 6.02. The molecule has 0 aliphatic carbocycles. The predicted molar refractivity (Wildman–Crippen MR) is 86.0 cm³/mol. The van der Waals surface area contributed by atoms with Gasteiger partial charge in [-0.15, -0.1) is 5.10 Å². The molecule has 1 aliphatic heterocycles. The normalized spacial score (nSPS) is 15.8. The molecule has 2 amide bonds. The molecular formula is C13H20N5O5S. The van der Waals surface area contributed by atoms with Crippen molar-refractivity contribution in [3.8, 4) is 0 Å². The molecule has 0 atom stereocenters. The summed E-state index contributed by atoms with van der Waals surface area (Å²) in [5.74, 6) is 1.35. The van der Waals surface area contributed by atoms with Crippen molar-refractivity contribution in [1.29, 1.82) is 0 Å². The second-order valence-corrected chi connectivity index (χ2v) is 6.26. The van der Waals surface area contributed by atoms with E-state index in [9.17, 15) is 18.0 Å². The number of rotatable bonds is 4. The molecule has 0 saturated carbocycles. The Balaban J connectivity index is 1.88. The molecule has 1 saturated heterocycles. The molecule has 1 aromatic rings. The Morgan fingerprint density at radius 2 is 1.92 bits per heavy atom. The van der Waals surface area contributed by atoms with Gasteiger partial charge in [0.05, 0.1) is 0 Å². The van der Waals surface area contributed by atoms with Gasteiger partial charge in [-0.05, 0) is 5.92 Å². The van der Waals surface area contributed by atoms with Crippen LogP contribution in [-0.2, 0) is 15.2 Å². The zero-order chi connectivity index (χ0) is 17.7. The van der Waals surface area contributed by atoms with Crippen molar-refractivity contribution in [1.82, 2.24) is 19.6 Å². The van der Waals surface area contributed by atoms with Crippen LogP contribution in [0.4, 0.5) is 15.4 Å². The van der Waals surface area contributed by atoms with E-state index in [-0.39, 0.29) is 11.8 Å². The Hall–Kier alpha value is -2.14. The van der Waals surface area contributed by atoms with E-state index in [0.29, 0.717) is 13.1 Å². The molecule has 1 N–H and O–H groups in total. The van der Waals surface area contributed by atoms with Gasteiger partial charge in [0.1, 0.15) is 0 Å². The van der Waals surface area contributed by atoms with Gasteiger partial charge in [0.15, 0.2) is 5.82 Å². The average Bonchev–Trinajstić information content (AvgIpc) is 2.94. The number of nitrogens with one attached hydrogen (secondary N) is 1. The summed E-state index contributed by atoms with van der Waals surface area (Å²) >= 11 is 0. The van der Waals surface area contributed by atoms with E-state index < -0.39 is 17.1 Å². The highest BCUT2D eigenvalue weighted by Crippen LogP contribution is 2.09. The van der Waals surface area contributed by atoms with Gasteiger partial charge in [-0.3, -0.25) is 10.2 Å². The smallest absolute Gasteiger partial charge is 0.330 e. The van der Waals surface area contributed by atoms with E-state index in [1.165, 1.54) is 18.2 Å². The molecule has 11 heteroatoms. The quantitative estimate of drug-likeness (QED) is 0.737. The molecule has 10 nitrogen and oxygen atoms in total. The fourth-order valence-electron chi connectivity index (χ4n) is 2.38. The maximum Gasteiger partial charge on any atom is 0.428 e. The number of aromatic nitrogens is 2. The number of piperazine rings is 1. The average molecular weight is 358 g/mol. The minimum atomic E-state index is -3.29. The number of amides is 2. The minimum absolute atomic E-state index is 0.0278. The molecule has 0 aromatic carbocycles. The molecule has 2 heterocycles. The maximum atomic E-state index is 12.4. The third kappa shape index (κ3) is 5.20. The number of nitrogens with zero attached hydrogens (tertiary/aromatic N) is 4. The van der Waals surface area contributed by atoms with E-state index in [1.54, 1.807) is 4.90 Å². The third-order valence-electron chi connectivity index (χ3n) is 3.36. The highest BCUT2D eigenvalue weighted by atomic mass is 32.2. The van der Waals surface area contributed by atoms with Crippen LogP contribution < -0.4 is 5.32 Å². The van der Waals surface area contributed by atoms with E-state index >= 15 is 0 Å². The van der Waals surface area contributed by atoms with Crippen molar-refractivity contribution in [3.63, 3.8) is 0 Å². The van der Waals surface area contributed by atoms with E-state index in [1.807, 2.05) is 0 Å². The summed E-state index contributed by atoms with van der Waals surface area (Å²) in [6.45, 7) is 7.81. The number of carbonyl (C=O) groups excluding carboxylic acids is 2. The predicted octanol–water partition coefficient (Wildman–Crippen LogP) is 0.158. The third-order valence-corrected chi connectivity index (χ3v) is 3.67. The van der Waals surface area contributed by atoms with Gasteiger partial charge in [-0.25, -0.2) is 9.59 Å². The minimum Gasteiger partial charge on any atom is -0.330 e. The topological polar surface area (TPSA) is 114 Å². The van der Waals surface area contributed by atoms with Crippen LogP contribution in [0.15, 0.2) is 12.3 Å². The largest absolute Gasteiger partial charge is 0.428 e. The SMILES string of the molecule is C[C](C)CN1CCN(C(=O)n2ccc(NC(=O)O[SH](=O)=O)n2)CC1. The van der Waals surface area contributed by atoms with Gasteiger partial charge in [0.2, 0.25) is 0 Å². The first-order valence-electron chi connectivity index (χ1n) is 7.35. The number of anilines is 1. The molecule has 0 unspecified atom stereocenters. The van der Waals surface area contributed by atoms with Crippen molar-refractivity contribution < 1.29 is 22.2 Å². The zero-order valence-electron chi connectivity index (χ0n) is 13.5. The highest BCUT2D eigenvalue weighted by Gasteiger charge is 2.23. The molecule has 133 valence electrons. The Kier molecular flexibility index (Phi) is 6.15. The van der Waals surface area contributed by atoms with Crippen LogP contribution in [0, 0.1) is 5.92 Å². The van der Waals surface area contributed by atoms with Crippen LogP contribution in [0.3, 0.4) is 0 Å². The molecule has 0 bridgehead atoms. The first-order valence-corrected chi connectivity index (χ1v) is 8.44. The summed E-state index contributed by atoms with van der Waals surface area (Å²) in [4.78, 5) is 27.5. The first-order chi connectivity index (χ1) is 11.3. The van der Waals surface area contributed by atoms with Gasteiger partial charge in [-0.2, -0.15) is 13.1 Å². The molecule has 1 radical (unpaired) electrons. The van der Waals surface area contributed by atoms with Crippen LogP contribution in [0.5, 0.6) is 0 Å². The Labute approximate surface area is 141 Å².